The molecule has 0 aliphatic carbocycles. The number of nitrogens with two attached hydrogens (primary N) is 1. The Morgan fingerprint density at radius 1 is 1.38 bits per heavy atom. The largest absolute Gasteiger partial charge is 0.492 e. The Morgan fingerprint density at radius 3 is 2.90 bits per heavy atom. The van der Waals surface area contributed by atoms with Crippen LogP contribution in [0.15, 0.2) is 24.3 Å². The molecule has 1 heterocycles. The first kappa shape index (κ1) is 16.6. The van der Waals surface area contributed by atoms with Crippen molar-refractivity contribution < 1.29 is 4.74 Å². The van der Waals surface area contributed by atoms with Crippen molar-refractivity contribution >= 4 is 29.0 Å². The zero-order valence-electron chi connectivity index (χ0n) is 12.8. The zero-order valence-corrected chi connectivity index (χ0v) is 14.4. The second-order valence-electron chi connectivity index (χ2n) is 5.91. The summed E-state index contributed by atoms with van der Waals surface area (Å²) in [5.41, 5.74) is 6.54. The van der Waals surface area contributed by atoms with Crippen LogP contribution >= 0.6 is 24.0 Å². The number of rotatable bonds is 5. The van der Waals surface area contributed by atoms with E-state index in [1.165, 1.54) is 12.2 Å². The van der Waals surface area contributed by atoms with Crippen LogP contribution in [0.25, 0.3) is 0 Å². The molecule has 0 bridgehead atoms. The van der Waals surface area contributed by atoms with E-state index in [1.54, 1.807) is 0 Å². The van der Waals surface area contributed by atoms with E-state index in [0.717, 1.165) is 30.9 Å². The third-order valence-electron chi connectivity index (χ3n) is 3.75. The lowest BCUT2D eigenvalue weighted by atomic mass is 10.1. The summed E-state index contributed by atoms with van der Waals surface area (Å²) in [7, 11) is 0. The lowest BCUT2D eigenvalue weighted by Gasteiger charge is -2.22. The summed E-state index contributed by atoms with van der Waals surface area (Å²) in [4.78, 5) is 2.86. The Balaban J connectivity index is 1.83. The molecule has 2 rings (SSSR count). The minimum Gasteiger partial charge on any atom is -0.492 e. The number of nitrogens with zero attached hydrogens (tertiary/aromatic N) is 1. The number of benzene rings is 1. The molecule has 2 N–H and O–H groups in total. The van der Waals surface area contributed by atoms with Crippen molar-refractivity contribution in [1.29, 1.82) is 0 Å². The van der Waals surface area contributed by atoms with E-state index in [9.17, 15) is 0 Å². The molecule has 0 radical (unpaired) electrons. The minimum atomic E-state index is 0.388. The van der Waals surface area contributed by atoms with Crippen LogP contribution in [-0.2, 0) is 0 Å². The van der Waals surface area contributed by atoms with Crippen LogP contribution < -0.4 is 10.5 Å². The van der Waals surface area contributed by atoms with Crippen LogP contribution in [0.3, 0.4) is 0 Å². The van der Waals surface area contributed by atoms with E-state index in [1.807, 2.05) is 24.3 Å². The topological polar surface area (TPSA) is 38.5 Å². The highest BCUT2D eigenvalue weighted by molar-refractivity contribution is 8.00. The lowest BCUT2D eigenvalue weighted by Crippen LogP contribution is -2.31. The first-order valence-corrected chi connectivity index (χ1v) is 8.75. The van der Waals surface area contributed by atoms with Gasteiger partial charge in [-0.05, 0) is 25.1 Å². The van der Waals surface area contributed by atoms with Crippen LogP contribution in [0.1, 0.15) is 25.8 Å². The fraction of sp³-hybridized carbons (Fsp3) is 0.562. The molecular weight excluding hydrogens is 300 g/mol. The summed E-state index contributed by atoms with van der Waals surface area (Å²) in [6.07, 6.45) is 1.22. The van der Waals surface area contributed by atoms with Gasteiger partial charge in [-0.15, -0.1) is 0 Å². The standard InChI is InChI=1S/C16H24N2OS2/c1-16(2)7-8-18(10-12-21-16)9-11-19-14-6-4-3-5-13(14)15(17)20/h3-6H,7-12H2,1-2H3,(H2,17,20). The van der Waals surface area contributed by atoms with Crippen LogP contribution in [0.5, 0.6) is 5.75 Å². The van der Waals surface area contributed by atoms with Crippen molar-refractivity contribution in [2.75, 3.05) is 32.0 Å². The van der Waals surface area contributed by atoms with Crippen LogP contribution in [0.4, 0.5) is 0 Å². The van der Waals surface area contributed by atoms with Gasteiger partial charge in [0.2, 0.25) is 0 Å². The van der Waals surface area contributed by atoms with Gasteiger partial charge in [0, 0.05) is 23.6 Å². The second kappa shape index (κ2) is 7.47. The molecule has 1 saturated heterocycles. The van der Waals surface area contributed by atoms with E-state index in [0.29, 0.717) is 16.3 Å². The smallest absolute Gasteiger partial charge is 0.129 e. The zero-order chi connectivity index (χ0) is 15.3. The van der Waals surface area contributed by atoms with Crippen molar-refractivity contribution in [3.63, 3.8) is 0 Å². The summed E-state index contributed by atoms with van der Waals surface area (Å²) in [6.45, 7) is 8.55. The summed E-state index contributed by atoms with van der Waals surface area (Å²) < 4.78 is 6.27. The van der Waals surface area contributed by atoms with Crippen molar-refractivity contribution in [2.24, 2.45) is 5.73 Å². The molecule has 116 valence electrons. The van der Waals surface area contributed by atoms with Gasteiger partial charge in [-0.25, -0.2) is 0 Å². The summed E-state index contributed by atoms with van der Waals surface area (Å²) in [5, 5.41) is 0. The Labute approximate surface area is 137 Å². The number of hydrogen-bond acceptors (Lipinski definition) is 4. The number of thioether (sulfide) groups is 1. The monoisotopic (exact) mass is 324 g/mol. The third kappa shape index (κ3) is 5.16. The highest BCUT2D eigenvalue weighted by Crippen LogP contribution is 2.30. The highest BCUT2D eigenvalue weighted by atomic mass is 32.2. The van der Waals surface area contributed by atoms with Crippen molar-refractivity contribution in [3.8, 4) is 5.75 Å². The molecule has 1 fully saturated rings. The fourth-order valence-corrected chi connectivity index (χ4v) is 3.67. The first-order valence-electron chi connectivity index (χ1n) is 7.36. The Bertz CT molecular complexity index is 491. The van der Waals surface area contributed by atoms with Gasteiger partial charge in [0.05, 0.1) is 5.56 Å². The molecule has 21 heavy (non-hydrogen) atoms. The average molecular weight is 325 g/mol. The van der Waals surface area contributed by atoms with E-state index < -0.39 is 0 Å². The molecule has 0 saturated carbocycles. The highest BCUT2D eigenvalue weighted by Gasteiger charge is 2.23. The van der Waals surface area contributed by atoms with Gasteiger partial charge in [-0.3, -0.25) is 4.90 Å². The van der Waals surface area contributed by atoms with Crippen molar-refractivity contribution in [3.05, 3.63) is 29.8 Å². The summed E-state index contributed by atoms with van der Waals surface area (Å²) >= 11 is 7.12. The number of hydrogen-bond donors (Lipinski definition) is 1. The van der Waals surface area contributed by atoms with Gasteiger partial charge in [-0.1, -0.05) is 38.2 Å². The molecule has 0 spiro atoms. The number of thiocarbonyl (C=S) groups is 1. The Kier molecular flexibility index (Phi) is 5.90. The SMILES string of the molecule is CC1(C)CCN(CCOc2ccccc2C(N)=S)CCS1. The van der Waals surface area contributed by atoms with E-state index in [-0.39, 0.29) is 0 Å². The maximum absolute atomic E-state index is 5.88. The predicted molar refractivity (Wildman–Crippen MR) is 95.4 cm³/mol. The molecule has 0 unspecified atom stereocenters. The molecule has 1 aromatic rings. The third-order valence-corrected chi connectivity index (χ3v) is 5.34. The molecule has 0 aromatic heterocycles. The van der Waals surface area contributed by atoms with Gasteiger partial charge >= 0.3 is 0 Å². The van der Waals surface area contributed by atoms with Gasteiger partial charge in [0.15, 0.2) is 0 Å². The van der Waals surface area contributed by atoms with E-state index in [2.05, 4.69) is 30.5 Å². The van der Waals surface area contributed by atoms with Crippen LogP contribution in [0.2, 0.25) is 0 Å². The summed E-state index contributed by atoms with van der Waals surface area (Å²) in [5.74, 6) is 1.98. The van der Waals surface area contributed by atoms with Gasteiger partial charge in [0.25, 0.3) is 0 Å². The van der Waals surface area contributed by atoms with E-state index in [4.69, 9.17) is 22.7 Å². The number of ether oxygens (including phenoxy) is 1. The van der Waals surface area contributed by atoms with Gasteiger partial charge < -0.3 is 10.5 Å². The fourth-order valence-electron chi connectivity index (χ4n) is 2.37. The maximum atomic E-state index is 5.88. The van der Waals surface area contributed by atoms with Crippen LogP contribution in [0, 0.1) is 0 Å². The Hall–Kier alpha value is -0.780. The molecule has 3 nitrogen and oxygen atoms in total. The van der Waals surface area contributed by atoms with Gasteiger partial charge in [-0.2, -0.15) is 11.8 Å². The normalized spacial score (nSPS) is 19.0. The number of para-hydroxylation sites is 1. The quantitative estimate of drug-likeness (QED) is 0.843. The predicted octanol–water partition coefficient (Wildman–Crippen LogP) is 2.92. The van der Waals surface area contributed by atoms with Crippen molar-refractivity contribution in [2.45, 2.75) is 25.0 Å². The first-order chi connectivity index (χ1) is 9.98. The van der Waals surface area contributed by atoms with Gasteiger partial charge in [0.1, 0.15) is 17.3 Å². The minimum absolute atomic E-state index is 0.388. The molecule has 5 heteroatoms. The molecule has 1 aliphatic rings. The maximum Gasteiger partial charge on any atom is 0.129 e. The van der Waals surface area contributed by atoms with Crippen molar-refractivity contribution in [1.82, 2.24) is 4.90 Å². The molecular formula is C16H24N2OS2. The summed E-state index contributed by atoms with van der Waals surface area (Å²) in [6, 6.07) is 7.70. The molecule has 1 aliphatic heterocycles. The van der Waals surface area contributed by atoms with Crippen LogP contribution in [-0.4, -0.2) is 46.6 Å². The molecule has 0 amide bonds. The molecule has 1 aromatic carbocycles. The average Bonchev–Trinajstić information content (AvgIpc) is 2.60. The molecule has 0 atom stereocenters. The van der Waals surface area contributed by atoms with E-state index >= 15 is 0 Å². The Morgan fingerprint density at radius 2 is 2.14 bits per heavy atom. The second-order valence-corrected chi connectivity index (χ2v) is 8.15. The lowest BCUT2D eigenvalue weighted by molar-refractivity contribution is 0.214.